The molecule has 1 aromatic carbocycles. The van der Waals surface area contributed by atoms with Gasteiger partial charge in [0.2, 0.25) is 0 Å². The largest absolute Gasteiger partial charge is 0.497 e. The molecule has 1 aromatic rings. The zero-order chi connectivity index (χ0) is 15.2. The van der Waals surface area contributed by atoms with Crippen LogP contribution in [0.2, 0.25) is 0 Å². The van der Waals surface area contributed by atoms with E-state index >= 15 is 0 Å². The third-order valence-electron chi connectivity index (χ3n) is 3.94. The Labute approximate surface area is 131 Å². The fourth-order valence-corrected chi connectivity index (χ4v) is 2.86. The summed E-state index contributed by atoms with van der Waals surface area (Å²) in [5.41, 5.74) is 1.05. The van der Waals surface area contributed by atoms with E-state index in [2.05, 4.69) is 41.2 Å². The highest BCUT2D eigenvalue weighted by atomic mass is 79.9. The fraction of sp³-hybridized carbons (Fsp3) is 0.625. The Morgan fingerprint density at radius 2 is 2.05 bits per heavy atom. The number of methoxy groups -OCH3 is 1. The van der Waals surface area contributed by atoms with Crippen molar-refractivity contribution in [3.8, 4) is 5.75 Å². The quantitative estimate of drug-likeness (QED) is 0.778. The number of likely N-dealkylation sites (N-methyl/N-ethyl adjacent to an activating group) is 1. The van der Waals surface area contributed by atoms with Crippen molar-refractivity contribution in [2.24, 2.45) is 0 Å². The average Bonchev–Trinajstić information content (AvgIpc) is 2.46. The number of rotatable bonds is 8. The van der Waals surface area contributed by atoms with E-state index in [0.717, 1.165) is 29.7 Å². The fourth-order valence-electron chi connectivity index (χ4n) is 2.46. The molecule has 2 atom stereocenters. The van der Waals surface area contributed by atoms with Gasteiger partial charge in [-0.2, -0.15) is 0 Å². The van der Waals surface area contributed by atoms with Crippen molar-refractivity contribution in [1.82, 2.24) is 5.32 Å². The van der Waals surface area contributed by atoms with E-state index in [9.17, 15) is 0 Å². The molecule has 4 heteroatoms. The molecule has 1 N–H and O–H groups in total. The summed E-state index contributed by atoms with van der Waals surface area (Å²) in [6.45, 7) is 7.11. The number of hydrogen-bond acceptors (Lipinski definition) is 3. The SMILES string of the molecule is CCOC(C)(CC)C(Cc1cc(OC)ccc1Br)NC. The van der Waals surface area contributed by atoms with Crippen LogP contribution < -0.4 is 10.1 Å². The maximum Gasteiger partial charge on any atom is 0.119 e. The van der Waals surface area contributed by atoms with Crippen molar-refractivity contribution in [3.05, 3.63) is 28.2 Å². The molecule has 20 heavy (non-hydrogen) atoms. The monoisotopic (exact) mass is 343 g/mol. The van der Waals surface area contributed by atoms with Crippen molar-refractivity contribution < 1.29 is 9.47 Å². The van der Waals surface area contributed by atoms with E-state index < -0.39 is 0 Å². The maximum atomic E-state index is 5.99. The Balaban J connectivity index is 2.98. The first-order valence-corrected chi connectivity index (χ1v) is 7.93. The van der Waals surface area contributed by atoms with E-state index in [0.29, 0.717) is 0 Å². The Morgan fingerprint density at radius 3 is 2.55 bits per heavy atom. The van der Waals surface area contributed by atoms with Crippen LogP contribution in [0.3, 0.4) is 0 Å². The average molecular weight is 344 g/mol. The van der Waals surface area contributed by atoms with Gasteiger partial charge >= 0.3 is 0 Å². The maximum absolute atomic E-state index is 5.99. The molecule has 2 unspecified atom stereocenters. The summed E-state index contributed by atoms with van der Waals surface area (Å²) < 4.78 is 12.4. The molecule has 0 fully saturated rings. The van der Waals surface area contributed by atoms with Crippen LogP contribution in [-0.2, 0) is 11.2 Å². The van der Waals surface area contributed by atoms with Gasteiger partial charge in [-0.25, -0.2) is 0 Å². The van der Waals surface area contributed by atoms with Crippen LogP contribution in [-0.4, -0.2) is 32.4 Å². The summed E-state index contributed by atoms with van der Waals surface area (Å²) >= 11 is 3.62. The molecule has 0 radical (unpaired) electrons. The lowest BCUT2D eigenvalue weighted by Gasteiger charge is -2.37. The van der Waals surface area contributed by atoms with Gasteiger partial charge < -0.3 is 14.8 Å². The summed E-state index contributed by atoms with van der Waals surface area (Å²) in [5, 5.41) is 3.40. The molecule has 0 heterocycles. The van der Waals surface area contributed by atoms with E-state index in [4.69, 9.17) is 9.47 Å². The molecule has 1 rings (SSSR count). The van der Waals surface area contributed by atoms with Gasteiger partial charge in [-0.1, -0.05) is 22.9 Å². The standard InChI is InChI=1S/C16H26BrNO2/c1-6-16(3,20-7-2)15(18-4)11-12-10-13(19-5)8-9-14(12)17/h8-10,15,18H,6-7,11H2,1-5H3. The lowest BCUT2D eigenvalue weighted by Crippen LogP contribution is -2.50. The van der Waals surface area contributed by atoms with Crippen molar-refractivity contribution in [1.29, 1.82) is 0 Å². The predicted molar refractivity (Wildman–Crippen MR) is 87.6 cm³/mol. The van der Waals surface area contributed by atoms with Crippen molar-refractivity contribution in [2.45, 2.75) is 45.3 Å². The minimum atomic E-state index is -0.175. The van der Waals surface area contributed by atoms with Crippen LogP contribution in [0.1, 0.15) is 32.8 Å². The van der Waals surface area contributed by atoms with Gasteiger partial charge in [0.15, 0.2) is 0 Å². The summed E-state index contributed by atoms with van der Waals surface area (Å²) in [6.07, 6.45) is 1.85. The van der Waals surface area contributed by atoms with Gasteiger partial charge in [0.1, 0.15) is 5.75 Å². The topological polar surface area (TPSA) is 30.5 Å². The molecule has 0 aromatic heterocycles. The van der Waals surface area contributed by atoms with E-state index in [1.54, 1.807) is 7.11 Å². The van der Waals surface area contributed by atoms with Gasteiger partial charge in [-0.05, 0) is 57.5 Å². The first-order valence-electron chi connectivity index (χ1n) is 7.14. The van der Waals surface area contributed by atoms with Crippen LogP contribution in [0, 0.1) is 0 Å². The second-order valence-electron chi connectivity index (χ2n) is 5.10. The van der Waals surface area contributed by atoms with Gasteiger partial charge in [-0.3, -0.25) is 0 Å². The van der Waals surface area contributed by atoms with Crippen molar-refractivity contribution >= 4 is 15.9 Å². The van der Waals surface area contributed by atoms with Crippen LogP contribution in [0.5, 0.6) is 5.75 Å². The van der Waals surface area contributed by atoms with Crippen molar-refractivity contribution in [3.63, 3.8) is 0 Å². The van der Waals surface area contributed by atoms with Crippen LogP contribution in [0.4, 0.5) is 0 Å². The highest BCUT2D eigenvalue weighted by molar-refractivity contribution is 9.10. The molecule has 0 bridgehead atoms. The summed E-state index contributed by atoms with van der Waals surface area (Å²) in [7, 11) is 3.69. The number of halogens is 1. The predicted octanol–water partition coefficient (Wildman–Crippen LogP) is 3.79. The van der Waals surface area contributed by atoms with E-state index in [-0.39, 0.29) is 11.6 Å². The first-order chi connectivity index (χ1) is 9.50. The Bertz CT molecular complexity index is 425. The lowest BCUT2D eigenvalue weighted by molar-refractivity contribution is -0.0534. The molecule has 0 amide bonds. The second-order valence-corrected chi connectivity index (χ2v) is 5.96. The zero-order valence-electron chi connectivity index (χ0n) is 13.1. The Hall–Kier alpha value is -0.580. The van der Waals surface area contributed by atoms with Gasteiger partial charge in [0.25, 0.3) is 0 Å². The molecule has 0 aliphatic rings. The molecule has 3 nitrogen and oxygen atoms in total. The highest BCUT2D eigenvalue weighted by Crippen LogP contribution is 2.28. The molecule has 0 aliphatic carbocycles. The van der Waals surface area contributed by atoms with E-state index in [1.165, 1.54) is 5.56 Å². The third-order valence-corrected chi connectivity index (χ3v) is 4.71. The lowest BCUT2D eigenvalue weighted by atomic mass is 9.88. The van der Waals surface area contributed by atoms with Crippen LogP contribution in [0.15, 0.2) is 22.7 Å². The highest BCUT2D eigenvalue weighted by Gasteiger charge is 2.32. The van der Waals surface area contributed by atoms with Crippen LogP contribution >= 0.6 is 15.9 Å². The number of benzene rings is 1. The smallest absolute Gasteiger partial charge is 0.119 e. The third kappa shape index (κ3) is 4.21. The Kier molecular flexibility index (Phi) is 7.00. The minimum Gasteiger partial charge on any atom is -0.497 e. The molecular weight excluding hydrogens is 318 g/mol. The molecule has 0 aliphatic heterocycles. The molecule has 114 valence electrons. The molecule has 0 saturated heterocycles. The number of hydrogen-bond donors (Lipinski definition) is 1. The second kappa shape index (κ2) is 8.01. The van der Waals surface area contributed by atoms with E-state index in [1.807, 2.05) is 26.1 Å². The molecule has 0 spiro atoms. The molecular formula is C16H26BrNO2. The van der Waals surface area contributed by atoms with Gasteiger partial charge in [-0.15, -0.1) is 0 Å². The minimum absolute atomic E-state index is 0.175. The normalized spacial score (nSPS) is 15.7. The van der Waals surface area contributed by atoms with Gasteiger partial charge in [0, 0.05) is 17.1 Å². The number of nitrogens with one attached hydrogen (secondary N) is 1. The summed E-state index contributed by atoms with van der Waals surface area (Å²) in [6, 6.07) is 6.32. The van der Waals surface area contributed by atoms with Gasteiger partial charge in [0.05, 0.1) is 12.7 Å². The summed E-state index contributed by atoms with van der Waals surface area (Å²) in [4.78, 5) is 0. The van der Waals surface area contributed by atoms with Crippen molar-refractivity contribution in [2.75, 3.05) is 20.8 Å². The first kappa shape index (κ1) is 17.5. The van der Waals surface area contributed by atoms with Crippen LogP contribution in [0.25, 0.3) is 0 Å². The number of ether oxygens (including phenoxy) is 2. The molecule has 0 saturated carbocycles. The zero-order valence-corrected chi connectivity index (χ0v) is 14.7. The Morgan fingerprint density at radius 1 is 1.35 bits per heavy atom. The summed E-state index contributed by atoms with van der Waals surface area (Å²) in [5.74, 6) is 0.882.